The normalized spacial score (nSPS) is 11.8. The van der Waals surface area contributed by atoms with E-state index >= 15 is 0 Å². The second-order valence-electron chi connectivity index (χ2n) is 10.7. The predicted molar refractivity (Wildman–Crippen MR) is 150 cm³/mol. The summed E-state index contributed by atoms with van der Waals surface area (Å²) in [6.07, 6.45) is 25.3. The second kappa shape index (κ2) is 24.4. The molecule has 37 heavy (non-hydrogen) atoms. The highest BCUT2D eigenvalue weighted by Gasteiger charge is 2.25. The molecule has 0 aromatic carbocycles. The summed E-state index contributed by atoms with van der Waals surface area (Å²) >= 11 is 0. The summed E-state index contributed by atoms with van der Waals surface area (Å²) < 4.78 is 0.465. The van der Waals surface area contributed by atoms with Crippen molar-refractivity contribution >= 4 is 17.9 Å². The van der Waals surface area contributed by atoms with Gasteiger partial charge < -0.3 is 15.3 Å². The van der Waals surface area contributed by atoms with E-state index in [1.54, 1.807) is 0 Å². The fraction of sp³-hybridized carbons (Fsp3) is 0.833. The number of aliphatic carboxylic acids is 3. The van der Waals surface area contributed by atoms with Crippen molar-refractivity contribution in [1.29, 1.82) is 0 Å². The van der Waals surface area contributed by atoms with Gasteiger partial charge in [0, 0.05) is 19.3 Å². The molecule has 0 amide bonds. The third-order valence-electron chi connectivity index (χ3n) is 7.13. The van der Waals surface area contributed by atoms with E-state index in [9.17, 15) is 14.4 Å². The Hall–Kier alpha value is -1.89. The summed E-state index contributed by atoms with van der Waals surface area (Å²) in [4.78, 5) is 33.1. The predicted octanol–water partition coefficient (Wildman–Crippen LogP) is 7.78. The molecule has 0 saturated heterocycles. The zero-order valence-corrected chi connectivity index (χ0v) is 23.6. The van der Waals surface area contributed by atoms with Crippen LogP contribution in [-0.2, 0) is 14.4 Å². The third kappa shape index (κ3) is 24.2. The molecule has 0 aliphatic carbocycles. The Morgan fingerprint density at radius 1 is 0.514 bits per heavy atom. The number of rotatable bonds is 28. The monoisotopic (exact) mass is 526 g/mol. The molecule has 0 saturated carbocycles. The molecule has 0 aromatic rings. The second-order valence-corrected chi connectivity index (χ2v) is 10.7. The highest BCUT2D eigenvalue weighted by Crippen LogP contribution is 2.18. The first-order chi connectivity index (χ1) is 17.8. The fourth-order valence-electron chi connectivity index (χ4n) is 4.95. The summed E-state index contributed by atoms with van der Waals surface area (Å²) in [6.45, 7) is 4.01. The van der Waals surface area contributed by atoms with Crippen LogP contribution in [0.4, 0.5) is 0 Å². The van der Waals surface area contributed by atoms with Gasteiger partial charge in [-0.1, -0.05) is 90.4 Å². The number of carboxylic acid groups (broad SMARTS) is 3. The molecule has 216 valence electrons. The van der Waals surface area contributed by atoms with Crippen molar-refractivity contribution in [3.05, 3.63) is 12.3 Å². The first-order valence-electron chi connectivity index (χ1n) is 15.0. The minimum atomic E-state index is -0.847. The Balaban J connectivity index is 4.36. The van der Waals surface area contributed by atoms with E-state index in [4.69, 9.17) is 15.3 Å². The lowest BCUT2D eigenvalue weighted by Gasteiger charge is -2.35. The first kappa shape index (κ1) is 35.1. The summed E-state index contributed by atoms with van der Waals surface area (Å²) in [5.41, 5.74) is 0. The zero-order valence-electron chi connectivity index (χ0n) is 23.6. The number of quaternary nitrogens is 1. The number of carboxylic acids is 3. The van der Waals surface area contributed by atoms with E-state index < -0.39 is 17.9 Å². The lowest BCUT2D eigenvalue weighted by molar-refractivity contribution is -0.880. The van der Waals surface area contributed by atoms with Gasteiger partial charge >= 0.3 is 17.9 Å². The van der Waals surface area contributed by atoms with Gasteiger partial charge in [0.25, 0.3) is 0 Å². The maximum absolute atomic E-state index is 11.0. The van der Waals surface area contributed by atoms with Crippen LogP contribution < -0.4 is 0 Å². The van der Waals surface area contributed by atoms with Gasteiger partial charge in [-0.15, -0.1) is 0 Å². The molecule has 0 radical (unpaired) electrons. The Labute approximate surface area is 225 Å². The largest absolute Gasteiger partial charge is 0.481 e. The van der Waals surface area contributed by atoms with Crippen LogP contribution in [0.25, 0.3) is 0 Å². The molecule has 7 heteroatoms. The number of nitrogens with zero attached hydrogens (tertiary/aromatic N) is 1. The third-order valence-corrected chi connectivity index (χ3v) is 7.13. The van der Waals surface area contributed by atoms with E-state index in [1.165, 1.54) is 83.5 Å². The summed E-state index contributed by atoms with van der Waals surface area (Å²) in [5, 5.41) is 27.2. The Morgan fingerprint density at radius 2 is 0.838 bits per heavy atom. The molecule has 0 aliphatic rings. The van der Waals surface area contributed by atoms with Crippen LogP contribution in [0.3, 0.4) is 0 Å². The van der Waals surface area contributed by atoms with Gasteiger partial charge in [-0.2, -0.15) is 0 Å². The highest BCUT2D eigenvalue weighted by atomic mass is 16.4. The summed E-state index contributed by atoms with van der Waals surface area (Å²) in [6, 6.07) is 0. The van der Waals surface area contributed by atoms with Crippen molar-refractivity contribution in [2.24, 2.45) is 0 Å². The average Bonchev–Trinajstić information content (AvgIpc) is 2.83. The van der Waals surface area contributed by atoms with Gasteiger partial charge in [-0.05, 0) is 18.9 Å². The van der Waals surface area contributed by atoms with Crippen LogP contribution in [0, 0.1) is 0 Å². The highest BCUT2D eigenvalue weighted by molar-refractivity contribution is 5.67. The minimum absolute atomic E-state index is 0.0602. The van der Waals surface area contributed by atoms with Gasteiger partial charge in [0.1, 0.15) is 0 Å². The lowest BCUT2D eigenvalue weighted by Crippen LogP contribution is -2.45. The maximum atomic E-state index is 11.0. The molecule has 0 unspecified atom stereocenters. The quantitative estimate of drug-likeness (QED) is 0.0708. The zero-order chi connectivity index (χ0) is 27.6. The van der Waals surface area contributed by atoms with Crippen LogP contribution in [0.1, 0.15) is 142 Å². The Bertz CT molecular complexity index is 569. The molecule has 0 fully saturated rings. The number of hydrogen-bond donors (Lipinski definition) is 3. The minimum Gasteiger partial charge on any atom is -0.481 e. The first-order valence-corrected chi connectivity index (χ1v) is 15.0. The summed E-state index contributed by atoms with van der Waals surface area (Å²) in [5.74, 6) is -2.54. The van der Waals surface area contributed by atoms with Crippen LogP contribution >= 0.6 is 0 Å². The van der Waals surface area contributed by atoms with Gasteiger partial charge in [0.15, 0.2) is 0 Å². The molecule has 3 N–H and O–H groups in total. The molecular weight excluding hydrogens is 470 g/mol. The Morgan fingerprint density at radius 3 is 1.16 bits per heavy atom. The van der Waals surface area contributed by atoms with E-state index in [0.29, 0.717) is 43.4 Å². The van der Waals surface area contributed by atoms with E-state index in [1.807, 2.05) is 0 Å². The fourth-order valence-corrected chi connectivity index (χ4v) is 4.95. The van der Waals surface area contributed by atoms with Crippen LogP contribution in [0.2, 0.25) is 0 Å². The van der Waals surface area contributed by atoms with Crippen molar-refractivity contribution in [2.45, 2.75) is 142 Å². The molecule has 7 nitrogen and oxygen atoms in total. The summed E-state index contributed by atoms with van der Waals surface area (Å²) in [7, 11) is 0. The molecule has 0 aromatic heterocycles. The van der Waals surface area contributed by atoms with Crippen LogP contribution in [-0.4, -0.2) is 57.3 Å². The lowest BCUT2D eigenvalue weighted by atomic mass is 10.0. The van der Waals surface area contributed by atoms with Gasteiger partial charge in [-0.3, -0.25) is 18.9 Å². The number of hydrogen-bond acceptors (Lipinski definition) is 3. The van der Waals surface area contributed by atoms with E-state index in [0.717, 1.165) is 12.8 Å². The Kier molecular flexibility index (Phi) is 23.2. The van der Waals surface area contributed by atoms with Crippen LogP contribution in [0.15, 0.2) is 12.3 Å². The average molecular weight is 527 g/mol. The van der Waals surface area contributed by atoms with Crippen molar-refractivity contribution in [1.82, 2.24) is 0 Å². The van der Waals surface area contributed by atoms with Crippen molar-refractivity contribution in [3.8, 4) is 0 Å². The van der Waals surface area contributed by atoms with Crippen molar-refractivity contribution in [3.63, 3.8) is 0 Å². The molecule has 0 bridgehead atoms. The van der Waals surface area contributed by atoms with Gasteiger partial charge in [0.05, 0.1) is 45.1 Å². The molecule has 0 heterocycles. The smallest absolute Gasteiger partial charge is 0.303 e. The van der Waals surface area contributed by atoms with E-state index in [2.05, 4.69) is 19.2 Å². The molecular formula is C30H56NO6+. The van der Waals surface area contributed by atoms with Crippen molar-refractivity contribution in [2.75, 3.05) is 19.6 Å². The molecule has 0 atom stereocenters. The number of unbranched alkanes of at least 4 members (excludes halogenated alkanes) is 14. The van der Waals surface area contributed by atoms with Gasteiger partial charge in [-0.25, -0.2) is 0 Å². The molecule has 0 aliphatic heterocycles. The van der Waals surface area contributed by atoms with Gasteiger partial charge in [0.2, 0.25) is 0 Å². The van der Waals surface area contributed by atoms with Crippen molar-refractivity contribution < 1.29 is 34.2 Å². The molecule has 0 spiro atoms. The van der Waals surface area contributed by atoms with E-state index in [-0.39, 0.29) is 19.3 Å². The standard InChI is InChI=1S/C30H55NO6/c1-2-3-4-5-6-7-8-9-10-11-12-13-14-15-16-17-24-31(25-18-21-28(32)33,26-19-22-29(34)35)27-20-23-30(36)37/h17,24H,2-16,18-23,25-27H2,1H3,(H2-,32,33,34,35,36,37)/p+1/b24-17+. The SMILES string of the molecule is CCCCCCCCCCCCCCCC/C=C/[N+](CCCC(=O)O)(CCCC(=O)O)CCCC(=O)O. The number of allylic oxidation sites excluding steroid dienone is 1. The molecule has 0 rings (SSSR count). The number of carbonyl (C=O) groups is 3. The topological polar surface area (TPSA) is 112 Å². The van der Waals surface area contributed by atoms with Crippen LogP contribution in [0.5, 0.6) is 0 Å². The maximum Gasteiger partial charge on any atom is 0.303 e.